The summed E-state index contributed by atoms with van der Waals surface area (Å²) in [5.74, 6) is 0.0451. The van der Waals surface area contributed by atoms with Gasteiger partial charge < -0.3 is 4.74 Å². The molecule has 0 spiro atoms. The first-order chi connectivity index (χ1) is 13.2. The number of amides is 1. The van der Waals surface area contributed by atoms with E-state index in [1.165, 1.54) is 11.3 Å². The maximum Gasteiger partial charge on any atom is 0.270 e. The SMILES string of the molecule is Cc1cccc2sc(N(CCCN3CCOCC3)C(=O)c3cccs3)nc12. The highest BCUT2D eigenvalue weighted by molar-refractivity contribution is 7.22. The highest BCUT2D eigenvalue weighted by atomic mass is 32.1. The Bertz CT molecular complexity index is 901. The van der Waals surface area contributed by atoms with E-state index >= 15 is 0 Å². The predicted molar refractivity (Wildman–Crippen MR) is 112 cm³/mol. The summed E-state index contributed by atoms with van der Waals surface area (Å²) >= 11 is 3.08. The number of benzene rings is 1. The Morgan fingerprint density at radius 3 is 2.85 bits per heavy atom. The third-order valence-corrected chi connectivity index (χ3v) is 6.68. The molecular formula is C20H23N3O2S2. The molecule has 0 unspecified atom stereocenters. The van der Waals surface area contributed by atoms with Crippen LogP contribution in [0.15, 0.2) is 35.7 Å². The average Bonchev–Trinajstić information content (AvgIpc) is 3.36. The van der Waals surface area contributed by atoms with Crippen LogP contribution in [0.2, 0.25) is 0 Å². The summed E-state index contributed by atoms with van der Waals surface area (Å²) in [6.07, 6.45) is 0.923. The zero-order chi connectivity index (χ0) is 18.6. The summed E-state index contributed by atoms with van der Waals surface area (Å²) in [5.41, 5.74) is 2.14. The fourth-order valence-corrected chi connectivity index (χ4v) is 5.02. The summed E-state index contributed by atoms with van der Waals surface area (Å²) < 4.78 is 6.54. The van der Waals surface area contributed by atoms with E-state index in [0.29, 0.717) is 6.54 Å². The molecule has 1 fully saturated rings. The van der Waals surface area contributed by atoms with Crippen LogP contribution in [0.5, 0.6) is 0 Å². The van der Waals surface area contributed by atoms with Gasteiger partial charge in [0.25, 0.3) is 5.91 Å². The van der Waals surface area contributed by atoms with Crippen molar-refractivity contribution in [3.05, 3.63) is 46.2 Å². The van der Waals surface area contributed by atoms with Crippen molar-refractivity contribution in [3.8, 4) is 0 Å². The first-order valence-electron chi connectivity index (χ1n) is 9.24. The zero-order valence-corrected chi connectivity index (χ0v) is 17.0. The number of anilines is 1. The van der Waals surface area contributed by atoms with Crippen molar-refractivity contribution in [1.29, 1.82) is 0 Å². The van der Waals surface area contributed by atoms with Crippen molar-refractivity contribution < 1.29 is 9.53 Å². The molecule has 2 aromatic heterocycles. The third-order valence-electron chi connectivity index (χ3n) is 4.78. The number of fused-ring (bicyclic) bond motifs is 1. The van der Waals surface area contributed by atoms with Gasteiger partial charge in [0.05, 0.1) is 28.3 Å². The molecule has 0 saturated carbocycles. The largest absolute Gasteiger partial charge is 0.379 e. The highest BCUT2D eigenvalue weighted by Gasteiger charge is 2.22. The molecule has 1 amide bonds. The van der Waals surface area contributed by atoms with Gasteiger partial charge in [0.15, 0.2) is 5.13 Å². The van der Waals surface area contributed by atoms with Crippen molar-refractivity contribution >= 4 is 43.9 Å². The topological polar surface area (TPSA) is 45.7 Å². The minimum atomic E-state index is 0.0451. The smallest absolute Gasteiger partial charge is 0.270 e. The van der Waals surface area contributed by atoms with Gasteiger partial charge >= 0.3 is 0 Å². The Morgan fingerprint density at radius 2 is 2.11 bits per heavy atom. The summed E-state index contributed by atoms with van der Waals surface area (Å²) in [7, 11) is 0. The van der Waals surface area contributed by atoms with E-state index in [-0.39, 0.29) is 5.91 Å². The molecule has 1 saturated heterocycles. The minimum Gasteiger partial charge on any atom is -0.379 e. The van der Waals surface area contributed by atoms with Crippen molar-refractivity contribution in [2.45, 2.75) is 13.3 Å². The molecule has 0 atom stereocenters. The van der Waals surface area contributed by atoms with E-state index in [9.17, 15) is 4.79 Å². The van der Waals surface area contributed by atoms with Gasteiger partial charge in [0.2, 0.25) is 0 Å². The molecular weight excluding hydrogens is 378 g/mol. The molecule has 4 rings (SSSR count). The molecule has 0 bridgehead atoms. The Balaban J connectivity index is 1.55. The van der Waals surface area contributed by atoms with E-state index < -0.39 is 0 Å². The summed E-state index contributed by atoms with van der Waals surface area (Å²) in [6, 6.07) is 10.00. The lowest BCUT2D eigenvalue weighted by atomic mass is 10.2. The second kappa shape index (κ2) is 8.48. The van der Waals surface area contributed by atoms with Gasteiger partial charge in [-0.25, -0.2) is 4.98 Å². The summed E-state index contributed by atoms with van der Waals surface area (Å²) in [6.45, 7) is 7.26. The van der Waals surface area contributed by atoms with E-state index in [0.717, 1.165) is 65.1 Å². The molecule has 27 heavy (non-hydrogen) atoms. The molecule has 0 N–H and O–H groups in total. The molecule has 3 aromatic rings. The molecule has 5 nitrogen and oxygen atoms in total. The fraction of sp³-hybridized carbons (Fsp3) is 0.400. The van der Waals surface area contributed by atoms with Crippen molar-refractivity contribution in [2.24, 2.45) is 0 Å². The Morgan fingerprint density at radius 1 is 1.26 bits per heavy atom. The van der Waals surface area contributed by atoms with Gasteiger partial charge in [0.1, 0.15) is 0 Å². The zero-order valence-electron chi connectivity index (χ0n) is 15.4. The summed E-state index contributed by atoms with van der Waals surface area (Å²) in [5, 5.41) is 2.74. The first kappa shape index (κ1) is 18.6. The van der Waals surface area contributed by atoms with Gasteiger partial charge in [-0.2, -0.15) is 0 Å². The Hall–Kier alpha value is -1.80. The van der Waals surface area contributed by atoms with Gasteiger partial charge in [-0.3, -0.25) is 14.6 Å². The lowest BCUT2D eigenvalue weighted by molar-refractivity contribution is 0.0376. The Labute approximate surface area is 167 Å². The maximum atomic E-state index is 13.1. The second-order valence-electron chi connectivity index (χ2n) is 6.66. The number of carbonyl (C=O) groups excluding carboxylic acids is 1. The monoisotopic (exact) mass is 401 g/mol. The molecule has 0 aliphatic carbocycles. The lowest BCUT2D eigenvalue weighted by Crippen LogP contribution is -2.39. The van der Waals surface area contributed by atoms with Crippen LogP contribution in [0.1, 0.15) is 21.7 Å². The minimum absolute atomic E-state index is 0.0451. The molecule has 7 heteroatoms. The number of nitrogens with zero attached hydrogens (tertiary/aromatic N) is 3. The second-order valence-corrected chi connectivity index (χ2v) is 8.62. The van der Waals surface area contributed by atoms with Crippen LogP contribution < -0.4 is 4.90 Å². The average molecular weight is 402 g/mol. The van der Waals surface area contributed by atoms with Crippen molar-refractivity contribution in [1.82, 2.24) is 9.88 Å². The third kappa shape index (κ3) is 4.21. The van der Waals surface area contributed by atoms with E-state index in [2.05, 4.69) is 24.0 Å². The Kier molecular flexibility index (Phi) is 5.83. The first-order valence-corrected chi connectivity index (χ1v) is 10.9. The summed E-state index contributed by atoms with van der Waals surface area (Å²) in [4.78, 5) is 22.9. The van der Waals surface area contributed by atoms with Crippen LogP contribution >= 0.6 is 22.7 Å². The van der Waals surface area contributed by atoms with E-state index in [1.807, 2.05) is 28.5 Å². The van der Waals surface area contributed by atoms with Gasteiger partial charge in [0, 0.05) is 26.2 Å². The van der Waals surface area contributed by atoms with Crippen LogP contribution in [0, 0.1) is 6.92 Å². The van der Waals surface area contributed by atoms with Gasteiger partial charge in [-0.15, -0.1) is 11.3 Å². The molecule has 1 aromatic carbocycles. The molecule has 1 aliphatic heterocycles. The number of para-hydroxylation sites is 1. The quantitative estimate of drug-likeness (QED) is 0.625. The standard InChI is InChI=1S/C20H23N3O2S2/c1-15-5-2-6-16-18(15)21-20(27-16)23(19(24)17-7-3-14-26-17)9-4-8-22-10-12-25-13-11-22/h2-3,5-7,14H,4,8-13H2,1H3. The molecule has 1 aliphatic rings. The highest BCUT2D eigenvalue weighted by Crippen LogP contribution is 2.32. The maximum absolute atomic E-state index is 13.1. The number of aryl methyl sites for hydroxylation is 1. The van der Waals surface area contributed by atoms with Gasteiger partial charge in [-0.05, 0) is 36.4 Å². The number of rotatable bonds is 6. The van der Waals surface area contributed by atoms with Crippen LogP contribution in [0.4, 0.5) is 5.13 Å². The van der Waals surface area contributed by atoms with Crippen LogP contribution in [-0.4, -0.2) is 55.2 Å². The molecule has 0 radical (unpaired) electrons. The molecule has 142 valence electrons. The number of thiophene rings is 1. The van der Waals surface area contributed by atoms with Crippen LogP contribution in [-0.2, 0) is 4.74 Å². The lowest BCUT2D eigenvalue weighted by Gasteiger charge is -2.27. The van der Waals surface area contributed by atoms with Crippen molar-refractivity contribution in [3.63, 3.8) is 0 Å². The predicted octanol–water partition coefficient (Wildman–Crippen LogP) is 4.04. The fourth-order valence-electron chi connectivity index (χ4n) is 3.28. The number of carbonyl (C=O) groups is 1. The number of thiazole rings is 1. The number of hydrogen-bond donors (Lipinski definition) is 0. The van der Waals surface area contributed by atoms with E-state index in [4.69, 9.17) is 9.72 Å². The van der Waals surface area contributed by atoms with Crippen LogP contribution in [0.25, 0.3) is 10.2 Å². The normalized spacial score (nSPS) is 15.3. The number of hydrogen-bond acceptors (Lipinski definition) is 6. The van der Waals surface area contributed by atoms with Crippen LogP contribution in [0.3, 0.4) is 0 Å². The number of ether oxygens (including phenoxy) is 1. The molecule has 3 heterocycles. The number of aromatic nitrogens is 1. The van der Waals surface area contributed by atoms with Crippen molar-refractivity contribution in [2.75, 3.05) is 44.3 Å². The van der Waals surface area contributed by atoms with E-state index in [1.54, 1.807) is 11.3 Å². The number of morpholine rings is 1. The van der Waals surface area contributed by atoms with Gasteiger partial charge in [-0.1, -0.05) is 29.5 Å².